The predicted octanol–water partition coefficient (Wildman–Crippen LogP) is 3.67. The molecule has 0 spiro atoms. The van der Waals surface area contributed by atoms with Crippen molar-refractivity contribution in [1.29, 1.82) is 5.26 Å². The summed E-state index contributed by atoms with van der Waals surface area (Å²) < 4.78 is 10.9. The molecule has 0 aliphatic heterocycles. The van der Waals surface area contributed by atoms with Crippen LogP contribution in [0.5, 0.6) is 0 Å². The van der Waals surface area contributed by atoms with Gasteiger partial charge in [-0.15, -0.1) is 10.2 Å². The van der Waals surface area contributed by atoms with Crippen molar-refractivity contribution < 1.29 is 13.6 Å². The number of carbonyl (C=O) groups is 1. The van der Waals surface area contributed by atoms with Crippen LogP contribution in [0.1, 0.15) is 17.7 Å². The summed E-state index contributed by atoms with van der Waals surface area (Å²) >= 11 is 1.18. The SMILES string of the molecule is Cc1cccc(-c2nnc(SCC(=O)N(CCC#N)Cc3ccco3)o2)c1. The van der Waals surface area contributed by atoms with Gasteiger partial charge in [0, 0.05) is 12.1 Å². The Morgan fingerprint density at radius 3 is 2.93 bits per heavy atom. The molecule has 0 aliphatic carbocycles. The molecule has 8 heteroatoms. The first-order valence-corrected chi connectivity index (χ1v) is 9.34. The topological polar surface area (TPSA) is 96.2 Å². The van der Waals surface area contributed by atoms with Gasteiger partial charge >= 0.3 is 0 Å². The van der Waals surface area contributed by atoms with Crippen LogP contribution in [0.4, 0.5) is 0 Å². The first-order valence-electron chi connectivity index (χ1n) is 8.36. The Morgan fingerprint density at radius 2 is 2.19 bits per heavy atom. The first-order chi connectivity index (χ1) is 13.2. The van der Waals surface area contributed by atoms with Gasteiger partial charge in [-0.05, 0) is 31.2 Å². The smallest absolute Gasteiger partial charge is 0.277 e. The molecule has 2 heterocycles. The van der Waals surface area contributed by atoms with Gasteiger partial charge in [-0.1, -0.05) is 29.5 Å². The molecular weight excluding hydrogens is 364 g/mol. The van der Waals surface area contributed by atoms with Gasteiger partial charge < -0.3 is 13.7 Å². The number of aromatic nitrogens is 2. The number of amides is 1. The quantitative estimate of drug-likeness (QED) is 0.548. The minimum Gasteiger partial charge on any atom is -0.467 e. The van der Waals surface area contributed by atoms with Crippen LogP contribution in [0.2, 0.25) is 0 Å². The third kappa shape index (κ3) is 5.21. The molecule has 1 aromatic carbocycles. The van der Waals surface area contributed by atoms with Crippen LogP contribution in [0.25, 0.3) is 11.5 Å². The lowest BCUT2D eigenvalue weighted by molar-refractivity contribution is -0.129. The third-order valence-corrected chi connectivity index (χ3v) is 4.57. The Hall–Kier alpha value is -3.05. The summed E-state index contributed by atoms with van der Waals surface area (Å²) in [6.07, 6.45) is 1.82. The number of thioether (sulfide) groups is 1. The van der Waals surface area contributed by atoms with Crippen LogP contribution < -0.4 is 0 Å². The molecule has 0 fully saturated rings. The molecule has 2 aromatic heterocycles. The standard InChI is InChI=1S/C19H18N4O3S/c1-14-5-2-6-15(11-14)18-21-22-19(26-18)27-13-17(24)23(9-4-8-20)12-16-7-3-10-25-16/h2-3,5-7,10-11H,4,9,12-13H2,1H3. The van der Waals surface area contributed by atoms with Crippen LogP contribution in [-0.2, 0) is 11.3 Å². The molecule has 7 nitrogen and oxygen atoms in total. The molecule has 1 amide bonds. The van der Waals surface area contributed by atoms with Crippen molar-refractivity contribution in [2.24, 2.45) is 0 Å². The van der Waals surface area contributed by atoms with E-state index in [1.54, 1.807) is 23.3 Å². The van der Waals surface area contributed by atoms with E-state index in [2.05, 4.69) is 16.3 Å². The average Bonchev–Trinajstić information content (AvgIpc) is 3.35. The van der Waals surface area contributed by atoms with Gasteiger partial charge in [0.1, 0.15) is 5.76 Å². The van der Waals surface area contributed by atoms with Gasteiger partial charge in [0.15, 0.2) is 0 Å². The van der Waals surface area contributed by atoms with E-state index in [0.717, 1.165) is 11.1 Å². The Bertz CT molecular complexity index is 931. The molecule has 3 aromatic rings. The highest BCUT2D eigenvalue weighted by Gasteiger charge is 2.17. The largest absolute Gasteiger partial charge is 0.467 e. The van der Waals surface area contributed by atoms with E-state index >= 15 is 0 Å². The summed E-state index contributed by atoms with van der Waals surface area (Å²) in [5.74, 6) is 1.11. The number of benzene rings is 1. The van der Waals surface area contributed by atoms with Crippen molar-refractivity contribution in [3.05, 3.63) is 54.0 Å². The minimum absolute atomic E-state index is 0.123. The Balaban J connectivity index is 1.60. The number of nitriles is 1. The number of nitrogens with zero attached hydrogens (tertiary/aromatic N) is 4. The maximum atomic E-state index is 12.5. The highest BCUT2D eigenvalue weighted by atomic mass is 32.2. The van der Waals surface area contributed by atoms with Gasteiger partial charge in [0.25, 0.3) is 5.22 Å². The maximum Gasteiger partial charge on any atom is 0.277 e. The zero-order chi connectivity index (χ0) is 19.1. The van der Waals surface area contributed by atoms with E-state index in [9.17, 15) is 4.79 Å². The number of hydrogen-bond donors (Lipinski definition) is 0. The fourth-order valence-electron chi connectivity index (χ4n) is 2.45. The summed E-state index contributed by atoms with van der Waals surface area (Å²) in [7, 11) is 0. The zero-order valence-electron chi connectivity index (χ0n) is 14.8. The molecular formula is C19H18N4O3S. The number of aryl methyl sites for hydroxylation is 1. The number of rotatable bonds is 8. The Labute approximate surface area is 161 Å². The van der Waals surface area contributed by atoms with E-state index in [-0.39, 0.29) is 18.1 Å². The molecule has 138 valence electrons. The molecule has 0 unspecified atom stereocenters. The van der Waals surface area contributed by atoms with Gasteiger partial charge in [-0.3, -0.25) is 4.79 Å². The molecule has 0 N–H and O–H groups in total. The lowest BCUT2D eigenvalue weighted by Crippen LogP contribution is -2.32. The summed E-state index contributed by atoms with van der Waals surface area (Å²) in [6, 6.07) is 13.4. The fraction of sp³-hybridized carbons (Fsp3) is 0.263. The molecule has 0 saturated carbocycles. The van der Waals surface area contributed by atoms with E-state index in [1.165, 1.54) is 11.8 Å². The first kappa shape index (κ1) is 18.7. The van der Waals surface area contributed by atoms with Crippen molar-refractivity contribution >= 4 is 17.7 Å². The second kappa shape index (κ2) is 9.05. The summed E-state index contributed by atoms with van der Waals surface area (Å²) in [4.78, 5) is 14.1. The number of hydrogen-bond acceptors (Lipinski definition) is 7. The predicted molar refractivity (Wildman–Crippen MR) is 99.6 cm³/mol. The number of furan rings is 1. The highest BCUT2D eigenvalue weighted by Crippen LogP contribution is 2.24. The highest BCUT2D eigenvalue weighted by molar-refractivity contribution is 7.99. The van der Waals surface area contributed by atoms with E-state index in [4.69, 9.17) is 14.1 Å². The summed E-state index contributed by atoms with van der Waals surface area (Å²) in [5, 5.41) is 17.2. The van der Waals surface area contributed by atoms with E-state index in [0.29, 0.717) is 30.0 Å². The van der Waals surface area contributed by atoms with Crippen molar-refractivity contribution in [3.63, 3.8) is 0 Å². The second-order valence-electron chi connectivity index (χ2n) is 5.83. The van der Waals surface area contributed by atoms with Gasteiger partial charge in [0.2, 0.25) is 11.8 Å². The molecule has 27 heavy (non-hydrogen) atoms. The van der Waals surface area contributed by atoms with Crippen molar-refractivity contribution in [1.82, 2.24) is 15.1 Å². The molecule has 0 aliphatic rings. The summed E-state index contributed by atoms with van der Waals surface area (Å²) in [6.45, 7) is 2.66. The van der Waals surface area contributed by atoms with Gasteiger partial charge in [-0.2, -0.15) is 5.26 Å². The Kier molecular flexibility index (Phi) is 6.28. The molecule has 0 radical (unpaired) electrons. The zero-order valence-corrected chi connectivity index (χ0v) is 15.6. The fourth-order valence-corrected chi connectivity index (χ4v) is 3.11. The minimum atomic E-state index is -0.123. The van der Waals surface area contributed by atoms with E-state index < -0.39 is 0 Å². The Morgan fingerprint density at radius 1 is 1.30 bits per heavy atom. The third-order valence-electron chi connectivity index (χ3n) is 3.76. The number of carbonyl (C=O) groups excluding carboxylic acids is 1. The monoisotopic (exact) mass is 382 g/mol. The lowest BCUT2D eigenvalue weighted by Gasteiger charge is -2.19. The molecule has 3 rings (SSSR count). The second-order valence-corrected chi connectivity index (χ2v) is 6.76. The van der Waals surface area contributed by atoms with Crippen LogP contribution in [0.15, 0.2) is 56.7 Å². The molecule has 0 saturated heterocycles. The summed E-state index contributed by atoms with van der Waals surface area (Å²) in [5.41, 5.74) is 1.94. The molecule has 0 bridgehead atoms. The normalized spacial score (nSPS) is 10.5. The van der Waals surface area contributed by atoms with Crippen molar-refractivity contribution in [2.45, 2.75) is 25.1 Å². The average molecular weight is 382 g/mol. The van der Waals surface area contributed by atoms with Gasteiger partial charge in [0.05, 0.1) is 31.1 Å². The molecule has 0 atom stereocenters. The van der Waals surface area contributed by atoms with Crippen molar-refractivity contribution in [2.75, 3.05) is 12.3 Å². The van der Waals surface area contributed by atoms with Crippen LogP contribution in [0.3, 0.4) is 0 Å². The van der Waals surface area contributed by atoms with Crippen LogP contribution in [-0.4, -0.2) is 33.3 Å². The van der Waals surface area contributed by atoms with Crippen LogP contribution >= 0.6 is 11.8 Å². The lowest BCUT2D eigenvalue weighted by atomic mass is 10.1. The maximum absolute atomic E-state index is 12.5. The van der Waals surface area contributed by atoms with Crippen LogP contribution in [0, 0.1) is 18.3 Å². The van der Waals surface area contributed by atoms with Gasteiger partial charge in [-0.25, -0.2) is 0 Å². The van der Waals surface area contributed by atoms with Crippen molar-refractivity contribution in [3.8, 4) is 17.5 Å². The van der Waals surface area contributed by atoms with E-state index in [1.807, 2.05) is 31.2 Å².